The van der Waals surface area contributed by atoms with Crippen molar-refractivity contribution in [3.8, 4) is 0 Å². The lowest BCUT2D eigenvalue weighted by atomic mass is 10.1. The average Bonchev–Trinajstić information content (AvgIpc) is 2.89. The average molecular weight is 549 g/mol. The topological polar surface area (TPSA) is 99.3 Å². The molecule has 9 nitrogen and oxygen atoms in total. The SMILES string of the molecule is CC(C)(C)OC(=O)N1CCN(C(=O)N(Cc2ccc(C(=O)CNC(=O)C(F)(F)F)cc2)c2ccccc2)CC1. The van der Waals surface area contributed by atoms with Crippen LogP contribution in [-0.2, 0) is 16.1 Å². The summed E-state index contributed by atoms with van der Waals surface area (Å²) in [7, 11) is 0. The maximum Gasteiger partial charge on any atom is 0.471 e. The molecule has 0 bridgehead atoms. The fourth-order valence-corrected chi connectivity index (χ4v) is 3.80. The molecule has 0 atom stereocenters. The summed E-state index contributed by atoms with van der Waals surface area (Å²) in [6.45, 7) is 6.02. The van der Waals surface area contributed by atoms with E-state index in [9.17, 15) is 32.3 Å². The van der Waals surface area contributed by atoms with Crippen LogP contribution >= 0.6 is 0 Å². The van der Waals surface area contributed by atoms with Gasteiger partial charge in [-0.15, -0.1) is 0 Å². The number of amides is 4. The molecular formula is C27H31F3N4O5. The van der Waals surface area contributed by atoms with E-state index in [1.807, 2.05) is 6.07 Å². The zero-order chi connectivity index (χ0) is 28.8. The van der Waals surface area contributed by atoms with E-state index >= 15 is 0 Å². The van der Waals surface area contributed by atoms with Crippen molar-refractivity contribution in [2.45, 2.75) is 39.1 Å². The molecule has 0 radical (unpaired) electrons. The third-order valence-corrected chi connectivity index (χ3v) is 5.78. The van der Waals surface area contributed by atoms with E-state index in [0.29, 0.717) is 37.4 Å². The lowest BCUT2D eigenvalue weighted by Crippen LogP contribution is -2.54. The Morgan fingerprint density at radius 3 is 1.97 bits per heavy atom. The van der Waals surface area contributed by atoms with Crippen LogP contribution in [0.5, 0.6) is 0 Å². The fourth-order valence-electron chi connectivity index (χ4n) is 3.80. The molecule has 1 saturated heterocycles. The summed E-state index contributed by atoms with van der Waals surface area (Å²) >= 11 is 0. The van der Waals surface area contributed by atoms with Crippen LogP contribution in [0.3, 0.4) is 0 Å². The minimum atomic E-state index is -5.07. The third-order valence-electron chi connectivity index (χ3n) is 5.78. The van der Waals surface area contributed by atoms with Crippen molar-refractivity contribution >= 4 is 29.5 Å². The predicted molar refractivity (Wildman–Crippen MR) is 137 cm³/mol. The zero-order valence-electron chi connectivity index (χ0n) is 22.0. The van der Waals surface area contributed by atoms with Crippen LogP contribution in [0.15, 0.2) is 54.6 Å². The highest BCUT2D eigenvalue weighted by molar-refractivity contribution is 6.00. The lowest BCUT2D eigenvalue weighted by Gasteiger charge is -2.38. The van der Waals surface area contributed by atoms with Crippen molar-refractivity contribution < 1.29 is 37.1 Å². The molecule has 210 valence electrons. The number of ether oxygens (including phenoxy) is 1. The highest BCUT2D eigenvalue weighted by Gasteiger charge is 2.38. The highest BCUT2D eigenvalue weighted by atomic mass is 19.4. The van der Waals surface area contributed by atoms with Gasteiger partial charge >= 0.3 is 24.2 Å². The lowest BCUT2D eigenvalue weighted by molar-refractivity contribution is -0.173. The summed E-state index contributed by atoms with van der Waals surface area (Å²) in [5, 5.41) is 1.56. The van der Waals surface area contributed by atoms with Crippen molar-refractivity contribution in [1.29, 1.82) is 0 Å². The summed E-state index contributed by atoms with van der Waals surface area (Å²) in [6, 6.07) is 14.8. The first kappa shape index (κ1) is 29.5. The van der Waals surface area contributed by atoms with E-state index in [2.05, 4.69) is 0 Å². The predicted octanol–water partition coefficient (Wildman–Crippen LogP) is 4.23. The van der Waals surface area contributed by atoms with E-state index in [1.54, 1.807) is 77.2 Å². The first-order valence-electron chi connectivity index (χ1n) is 12.3. The number of nitrogens with one attached hydrogen (secondary N) is 1. The van der Waals surface area contributed by atoms with Gasteiger partial charge in [0.15, 0.2) is 5.78 Å². The number of urea groups is 1. The summed E-state index contributed by atoms with van der Waals surface area (Å²) in [5.74, 6) is -2.87. The largest absolute Gasteiger partial charge is 0.471 e. The van der Waals surface area contributed by atoms with Gasteiger partial charge in [-0.1, -0.05) is 42.5 Å². The van der Waals surface area contributed by atoms with Gasteiger partial charge in [0.05, 0.1) is 13.1 Å². The molecule has 2 aromatic carbocycles. The molecule has 1 aliphatic rings. The van der Waals surface area contributed by atoms with Gasteiger partial charge in [-0.25, -0.2) is 9.59 Å². The molecule has 1 fully saturated rings. The van der Waals surface area contributed by atoms with E-state index in [1.165, 1.54) is 12.1 Å². The number of carbonyl (C=O) groups is 4. The minimum Gasteiger partial charge on any atom is -0.444 e. The summed E-state index contributed by atoms with van der Waals surface area (Å²) < 4.78 is 42.5. The summed E-state index contributed by atoms with van der Waals surface area (Å²) in [5.41, 5.74) is 0.824. The molecule has 1 aliphatic heterocycles. The van der Waals surface area contributed by atoms with Gasteiger partial charge in [0, 0.05) is 37.4 Å². The molecular weight excluding hydrogens is 517 g/mol. The number of ketones is 1. The Morgan fingerprint density at radius 1 is 0.872 bits per heavy atom. The minimum absolute atomic E-state index is 0.122. The van der Waals surface area contributed by atoms with Gasteiger partial charge in [-0.3, -0.25) is 14.5 Å². The maximum absolute atomic E-state index is 13.5. The third kappa shape index (κ3) is 8.45. The van der Waals surface area contributed by atoms with Crippen molar-refractivity contribution in [3.05, 3.63) is 65.7 Å². The number of carbonyl (C=O) groups excluding carboxylic acids is 4. The molecule has 0 aromatic heterocycles. The Morgan fingerprint density at radius 2 is 1.44 bits per heavy atom. The standard InChI is InChI=1S/C27H31F3N4O5/c1-26(2,3)39-25(38)33-15-13-32(14-16-33)24(37)34(21-7-5-4-6-8-21)18-19-9-11-20(12-10-19)22(35)17-31-23(36)27(28,29)30/h4-12H,13-18H2,1-3H3,(H,31,36). The highest BCUT2D eigenvalue weighted by Crippen LogP contribution is 2.21. The van der Waals surface area contributed by atoms with Crippen molar-refractivity contribution in [2.24, 2.45) is 0 Å². The van der Waals surface area contributed by atoms with E-state index in [-0.39, 0.29) is 18.1 Å². The number of halogens is 3. The number of para-hydroxylation sites is 1. The number of Topliss-reactive ketones (excluding diaryl/α,β-unsaturated/α-hetero) is 1. The molecule has 4 amide bonds. The van der Waals surface area contributed by atoms with Crippen molar-refractivity contribution in [2.75, 3.05) is 37.6 Å². The normalized spacial score (nSPS) is 14.0. The molecule has 3 rings (SSSR count). The van der Waals surface area contributed by atoms with Crippen LogP contribution in [0.4, 0.5) is 28.4 Å². The number of nitrogens with zero attached hydrogens (tertiary/aromatic N) is 3. The van der Waals surface area contributed by atoms with Gasteiger partial charge in [-0.05, 0) is 38.5 Å². The molecule has 2 aromatic rings. The number of hydrogen-bond donors (Lipinski definition) is 1. The van der Waals surface area contributed by atoms with Gasteiger partial charge in [0.1, 0.15) is 5.60 Å². The van der Waals surface area contributed by atoms with Crippen LogP contribution < -0.4 is 10.2 Å². The zero-order valence-corrected chi connectivity index (χ0v) is 22.0. The van der Waals surface area contributed by atoms with E-state index in [4.69, 9.17) is 4.74 Å². The molecule has 0 spiro atoms. The summed E-state index contributed by atoms with van der Waals surface area (Å²) in [6.07, 6.45) is -5.50. The maximum atomic E-state index is 13.5. The Kier molecular flexibility index (Phi) is 9.20. The van der Waals surface area contributed by atoms with Gasteiger partial charge < -0.3 is 19.9 Å². The van der Waals surface area contributed by atoms with Gasteiger partial charge in [0.2, 0.25) is 0 Å². The molecule has 39 heavy (non-hydrogen) atoms. The number of rotatable bonds is 6. The Hall–Kier alpha value is -4.09. The first-order chi connectivity index (χ1) is 18.2. The second-order valence-electron chi connectivity index (χ2n) is 9.96. The second-order valence-corrected chi connectivity index (χ2v) is 9.96. The fraction of sp³-hybridized carbons (Fsp3) is 0.407. The number of anilines is 1. The Labute approximate surface area is 224 Å². The quantitative estimate of drug-likeness (QED) is 0.545. The molecule has 0 unspecified atom stereocenters. The van der Waals surface area contributed by atoms with Gasteiger partial charge in [-0.2, -0.15) is 13.2 Å². The summed E-state index contributed by atoms with van der Waals surface area (Å²) in [4.78, 5) is 53.9. The smallest absolute Gasteiger partial charge is 0.444 e. The first-order valence-corrected chi connectivity index (χ1v) is 12.3. The molecule has 1 N–H and O–H groups in total. The molecule has 0 aliphatic carbocycles. The monoisotopic (exact) mass is 548 g/mol. The molecule has 0 saturated carbocycles. The molecule has 12 heteroatoms. The van der Waals surface area contributed by atoms with E-state index < -0.39 is 36.1 Å². The van der Waals surface area contributed by atoms with E-state index in [0.717, 1.165) is 0 Å². The van der Waals surface area contributed by atoms with Crippen LogP contribution in [0.25, 0.3) is 0 Å². The van der Waals surface area contributed by atoms with Crippen LogP contribution in [0, 0.1) is 0 Å². The van der Waals surface area contributed by atoms with Crippen LogP contribution in [0.1, 0.15) is 36.7 Å². The van der Waals surface area contributed by atoms with Crippen molar-refractivity contribution in [3.63, 3.8) is 0 Å². The van der Waals surface area contributed by atoms with Crippen molar-refractivity contribution in [1.82, 2.24) is 15.1 Å². The van der Waals surface area contributed by atoms with Crippen LogP contribution in [0.2, 0.25) is 0 Å². The van der Waals surface area contributed by atoms with Gasteiger partial charge in [0.25, 0.3) is 0 Å². The number of benzene rings is 2. The van der Waals surface area contributed by atoms with Crippen LogP contribution in [-0.4, -0.2) is 78.1 Å². The number of piperazine rings is 1. The number of alkyl halides is 3. The second kappa shape index (κ2) is 12.2. The number of hydrogen-bond acceptors (Lipinski definition) is 5. The Bertz CT molecular complexity index is 1170. The molecule has 1 heterocycles. The Balaban J connectivity index is 1.67.